The van der Waals surface area contributed by atoms with Crippen molar-refractivity contribution in [3.8, 4) is 0 Å². The Balaban J connectivity index is 1.40. The third-order valence-electron chi connectivity index (χ3n) is 4.64. The number of rotatable bonds is 4. The zero-order valence-corrected chi connectivity index (χ0v) is 14.5. The summed E-state index contributed by atoms with van der Waals surface area (Å²) in [5.74, 6) is 0.719. The molecular weight excluding hydrogens is 330 g/mol. The molecule has 0 saturated heterocycles. The molecule has 0 spiro atoms. The van der Waals surface area contributed by atoms with Crippen LogP contribution in [0, 0.1) is 0 Å². The van der Waals surface area contributed by atoms with E-state index < -0.39 is 0 Å². The fraction of sp³-hybridized carbons (Fsp3) is 0.263. The third kappa shape index (κ3) is 2.92. The van der Waals surface area contributed by atoms with Crippen LogP contribution in [0.1, 0.15) is 28.7 Å². The summed E-state index contributed by atoms with van der Waals surface area (Å²) in [5.41, 5.74) is 3.35. The highest BCUT2D eigenvalue weighted by Crippen LogP contribution is 2.28. The lowest BCUT2D eigenvalue weighted by Crippen LogP contribution is -2.27. The maximum absolute atomic E-state index is 12.4. The van der Waals surface area contributed by atoms with E-state index in [1.807, 2.05) is 40.9 Å². The van der Waals surface area contributed by atoms with Crippen LogP contribution in [0.5, 0.6) is 0 Å². The molecule has 3 heterocycles. The molecule has 1 aliphatic heterocycles. The minimum absolute atomic E-state index is 0.0292. The number of pyridine rings is 1. The van der Waals surface area contributed by atoms with E-state index in [0.717, 1.165) is 29.1 Å². The summed E-state index contributed by atoms with van der Waals surface area (Å²) in [4.78, 5) is 25.8. The van der Waals surface area contributed by atoms with Gasteiger partial charge in [-0.3, -0.25) is 14.0 Å². The summed E-state index contributed by atoms with van der Waals surface area (Å²) in [6.45, 7) is 2.71. The second kappa shape index (κ2) is 6.59. The molecule has 26 heavy (non-hydrogen) atoms. The van der Waals surface area contributed by atoms with E-state index in [0.29, 0.717) is 25.1 Å². The van der Waals surface area contributed by atoms with Crippen LogP contribution in [-0.2, 0) is 17.6 Å². The smallest absolute Gasteiger partial charge is 0.251 e. The van der Waals surface area contributed by atoms with E-state index >= 15 is 0 Å². The van der Waals surface area contributed by atoms with Crippen LogP contribution in [0.4, 0.5) is 5.69 Å². The molecule has 132 valence electrons. The van der Waals surface area contributed by atoms with Crippen molar-refractivity contribution in [3.63, 3.8) is 0 Å². The number of hydrogen-bond donors (Lipinski definition) is 1. The SMILES string of the molecule is CC(=O)N1CCc2cc(C(=O)NCCc3nnc4ccccn34)ccc21. The van der Waals surface area contributed by atoms with Gasteiger partial charge in [0.2, 0.25) is 5.91 Å². The number of nitrogens with one attached hydrogen (secondary N) is 1. The van der Waals surface area contributed by atoms with Crippen molar-refractivity contribution in [1.29, 1.82) is 0 Å². The Labute approximate surface area is 150 Å². The fourth-order valence-corrected chi connectivity index (χ4v) is 3.32. The van der Waals surface area contributed by atoms with E-state index in [-0.39, 0.29) is 11.8 Å². The summed E-state index contributed by atoms with van der Waals surface area (Å²) < 4.78 is 1.91. The molecule has 3 aromatic rings. The van der Waals surface area contributed by atoms with Crippen molar-refractivity contribution in [2.24, 2.45) is 0 Å². The van der Waals surface area contributed by atoms with Gasteiger partial charge >= 0.3 is 0 Å². The Morgan fingerprint density at radius 2 is 2.08 bits per heavy atom. The topological polar surface area (TPSA) is 79.6 Å². The van der Waals surface area contributed by atoms with Crippen LogP contribution >= 0.6 is 0 Å². The molecule has 0 atom stereocenters. The van der Waals surface area contributed by atoms with Crippen LogP contribution < -0.4 is 10.2 Å². The number of amides is 2. The number of fused-ring (bicyclic) bond motifs is 2. The number of carbonyl (C=O) groups excluding carboxylic acids is 2. The average Bonchev–Trinajstić information content (AvgIpc) is 3.25. The highest BCUT2D eigenvalue weighted by molar-refractivity contribution is 5.97. The molecule has 1 aromatic carbocycles. The molecular formula is C19H19N5O2. The first-order valence-electron chi connectivity index (χ1n) is 8.61. The molecule has 2 aromatic heterocycles. The van der Waals surface area contributed by atoms with Gasteiger partial charge in [-0.05, 0) is 42.3 Å². The van der Waals surface area contributed by atoms with Gasteiger partial charge in [0.1, 0.15) is 5.82 Å². The monoisotopic (exact) mass is 349 g/mol. The predicted molar refractivity (Wildman–Crippen MR) is 97.2 cm³/mol. The maximum atomic E-state index is 12.4. The van der Waals surface area contributed by atoms with Gasteiger partial charge in [-0.25, -0.2) is 0 Å². The van der Waals surface area contributed by atoms with E-state index in [1.54, 1.807) is 17.9 Å². The minimum atomic E-state index is -0.122. The van der Waals surface area contributed by atoms with Crippen LogP contribution in [-0.4, -0.2) is 39.5 Å². The van der Waals surface area contributed by atoms with Gasteiger partial charge in [0.15, 0.2) is 5.65 Å². The highest BCUT2D eigenvalue weighted by atomic mass is 16.2. The molecule has 0 bridgehead atoms. The Morgan fingerprint density at radius 3 is 2.92 bits per heavy atom. The minimum Gasteiger partial charge on any atom is -0.352 e. The van der Waals surface area contributed by atoms with Gasteiger partial charge in [-0.2, -0.15) is 0 Å². The number of aromatic nitrogens is 3. The Bertz CT molecular complexity index is 995. The van der Waals surface area contributed by atoms with Gasteiger partial charge < -0.3 is 10.2 Å². The molecule has 4 rings (SSSR count). The zero-order valence-electron chi connectivity index (χ0n) is 14.5. The molecule has 0 unspecified atom stereocenters. The summed E-state index contributed by atoms with van der Waals surface area (Å²) in [6, 6.07) is 11.2. The predicted octanol–water partition coefficient (Wildman–Crippen LogP) is 1.61. The molecule has 0 saturated carbocycles. The summed E-state index contributed by atoms with van der Waals surface area (Å²) >= 11 is 0. The molecule has 0 radical (unpaired) electrons. The summed E-state index contributed by atoms with van der Waals surface area (Å²) in [7, 11) is 0. The van der Waals surface area contributed by atoms with Gasteiger partial charge in [0.05, 0.1) is 0 Å². The first-order valence-corrected chi connectivity index (χ1v) is 8.61. The lowest BCUT2D eigenvalue weighted by molar-refractivity contribution is -0.116. The van der Waals surface area contributed by atoms with Crippen LogP contribution in [0.15, 0.2) is 42.6 Å². The van der Waals surface area contributed by atoms with Crippen molar-refractivity contribution < 1.29 is 9.59 Å². The number of benzene rings is 1. The van der Waals surface area contributed by atoms with Gasteiger partial charge in [-0.1, -0.05) is 6.07 Å². The molecule has 0 aliphatic carbocycles. The average molecular weight is 349 g/mol. The van der Waals surface area contributed by atoms with Crippen LogP contribution in [0.25, 0.3) is 5.65 Å². The van der Waals surface area contributed by atoms with Gasteiger partial charge in [0.25, 0.3) is 5.91 Å². The molecule has 1 aliphatic rings. The highest BCUT2D eigenvalue weighted by Gasteiger charge is 2.23. The van der Waals surface area contributed by atoms with Gasteiger partial charge in [0, 0.05) is 43.9 Å². The van der Waals surface area contributed by atoms with E-state index in [1.165, 1.54) is 0 Å². The van der Waals surface area contributed by atoms with Crippen molar-refractivity contribution in [3.05, 3.63) is 59.5 Å². The summed E-state index contributed by atoms with van der Waals surface area (Å²) in [5, 5.41) is 11.2. The largest absolute Gasteiger partial charge is 0.352 e. The fourth-order valence-electron chi connectivity index (χ4n) is 3.32. The normalized spacial score (nSPS) is 13.0. The number of carbonyl (C=O) groups is 2. The van der Waals surface area contributed by atoms with Crippen molar-refractivity contribution >= 4 is 23.1 Å². The molecule has 1 N–H and O–H groups in total. The second-order valence-electron chi connectivity index (χ2n) is 6.32. The van der Waals surface area contributed by atoms with Crippen molar-refractivity contribution in [1.82, 2.24) is 19.9 Å². The lowest BCUT2D eigenvalue weighted by Gasteiger charge is -2.14. The first kappa shape index (κ1) is 16.3. The Hall–Kier alpha value is -3.22. The Morgan fingerprint density at radius 1 is 1.19 bits per heavy atom. The number of nitrogens with zero attached hydrogens (tertiary/aromatic N) is 4. The summed E-state index contributed by atoms with van der Waals surface area (Å²) in [6.07, 6.45) is 3.29. The Kier molecular flexibility index (Phi) is 4.12. The van der Waals surface area contributed by atoms with E-state index in [4.69, 9.17) is 0 Å². The number of hydrogen-bond acceptors (Lipinski definition) is 4. The molecule has 7 heteroatoms. The van der Waals surface area contributed by atoms with E-state index in [9.17, 15) is 9.59 Å². The standard InChI is InChI=1S/C19H19N5O2/c1-13(25)23-11-8-14-12-15(5-6-16(14)23)19(26)20-9-7-18-22-21-17-4-2-3-10-24(17)18/h2-6,10,12H,7-9,11H2,1H3,(H,20,26). The first-order chi connectivity index (χ1) is 12.6. The zero-order chi connectivity index (χ0) is 18.1. The number of anilines is 1. The quantitative estimate of drug-likeness (QED) is 0.776. The van der Waals surface area contributed by atoms with Crippen LogP contribution in [0.3, 0.4) is 0 Å². The lowest BCUT2D eigenvalue weighted by atomic mass is 10.1. The van der Waals surface area contributed by atoms with Crippen LogP contribution in [0.2, 0.25) is 0 Å². The maximum Gasteiger partial charge on any atom is 0.251 e. The molecule has 2 amide bonds. The molecule has 0 fully saturated rings. The second-order valence-corrected chi connectivity index (χ2v) is 6.32. The molecule has 7 nitrogen and oxygen atoms in total. The van der Waals surface area contributed by atoms with Gasteiger partial charge in [-0.15, -0.1) is 10.2 Å². The van der Waals surface area contributed by atoms with Crippen molar-refractivity contribution in [2.45, 2.75) is 19.8 Å². The third-order valence-corrected chi connectivity index (χ3v) is 4.64. The van der Waals surface area contributed by atoms with E-state index in [2.05, 4.69) is 15.5 Å². The van der Waals surface area contributed by atoms with Crippen molar-refractivity contribution in [2.75, 3.05) is 18.0 Å².